The predicted molar refractivity (Wildman–Crippen MR) is 44.4 cm³/mol. The molecule has 0 spiro atoms. The topological polar surface area (TPSA) is 9.23 Å². The van der Waals surface area contributed by atoms with Gasteiger partial charge in [-0.05, 0) is 6.42 Å². The molecule has 0 aliphatic carbocycles. The molecule has 8 heavy (non-hydrogen) atoms. The van der Waals surface area contributed by atoms with Crippen LogP contribution in [0.25, 0.3) is 0 Å². The first-order chi connectivity index (χ1) is 2.00. The largest absolute Gasteiger partial charge is 0.381 e. The van der Waals surface area contributed by atoms with Crippen molar-refractivity contribution in [1.29, 1.82) is 0 Å². The van der Waals surface area contributed by atoms with E-state index in [1.807, 2.05) is 0 Å². The highest BCUT2D eigenvalue weighted by Gasteiger charge is 1.94. The molecule has 0 saturated carbocycles. The van der Waals surface area contributed by atoms with Crippen molar-refractivity contribution in [3.05, 3.63) is 0 Å². The molecular weight excluding hydrogens is 194 g/mol. The van der Waals surface area contributed by atoms with Gasteiger partial charge in [-0.3, -0.25) is 0 Å². The lowest BCUT2D eigenvalue weighted by Gasteiger charge is -2.09. The molecule has 0 atom stereocenters. The average molecular weight is 204 g/mol. The van der Waals surface area contributed by atoms with Crippen LogP contribution in [0.5, 0.6) is 0 Å². The minimum atomic E-state index is 0. The van der Waals surface area contributed by atoms with Gasteiger partial charge >= 0.3 is 0 Å². The first-order valence-corrected chi connectivity index (χ1v) is 1.58. The summed E-state index contributed by atoms with van der Waals surface area (Å²) in [5.74, 6) is 0. The van der Waals surface area contributed by atoms with Crippen LogP contribution in [0.1, 0.15) is 6.42 Å². The first kappa shape index (κ1) is 22.9. The normalized spacial score (nSPS) is 12.0. The van der Waals surface area contributed by atoms with Crippen LogP contribution < -0.4 is 0 Å². The van der Waals surface area contributed by atoms with Gasteiger partial charge in [0.1, 0.15) is 0 Å². The van der Waals surface area contributed by atoms with Crippen molar-refractivity contribution in [1.82, 2.24) is 0 Å². The summed E-state index contributed by atoms with van der Waals surface area (Å²) in [7, 11) is 0. The van der Waals surface area contributed by atoms with Crippen molar-refractivity contribution in [2.45, 2.75) is 6.42 Å². The Bertz CT molecular complexity index is 19.2. The van der Waals surface area contributed by atoms with Gasteiger partial charge in [0.05, 0.1) is 0 Å². The molecule has 0 aromatic rings. The van der Waals surface area contributed by atoms with Crippen LogP contribution in [0.15, 0.2) is 0 Å². The van der Waals surface area contributed by atoms with Gasteiger partial charge in [0, 0.05) is 13.2 Å². The van der Waals surface area contributed by atoms with E-state index in [-0.39, 0.29) is 49.6 Å². The SMILES string of the molecule is C1COC1.Cl.Cl.Cl.Cl. The second-order valence-corrected chi connectivity index (χ2v) is 0.966. The lowest BCUT2D eigenvalue weighted by atomic mass is 10.4. The molecule has 0 aromatic heterocycles. The van der Waals surface area contributed by atoms with Crippen LogP contribution in [0.4, 0.5) is 0 Å². The second-order valence-electron chi connectivity index (χ2n) is 0.966. The molecule has 1 heterocycles. The maximum Gasteiger partial charge on any atom is 0.0488 e. The molecular formula is C3H10Cl4O. The van der Waals surface area contributed by atoms with Crippen molar-refractivity contribution < 1.29 is 4.74 Å². The van der Waals surface area contributed by atoms with Crippen molar-refractivity contribution in [3.63, 3.8) is 0 Å². The molecule has 56 valence electrons. The van der Waals surface area contributed by atoms with Crippen LogP contribution in [0.3, 0.4) is 0 Å². The number of ether oxygens (including phenoxy) is 1. The van der Waals surface area contributed by atoms with Crippen LogP contribution in [-0.2, 0) is 4.74 Å². The first-order valence-electron chi connectivity index (χ1n) is 1.58. The van der Waals surface area contributed by atoms with E-state index in [9.17, 15) is 0 Å². The second kappa shape index (κ2) is 15.7. The highest BCUT2D eigenvalue weighted by atomic mass is 35.5. The maximum atomic E-state index is 4.72. The Morgan fingerprint density at radius 2 is 0.875 bits per heavy atom. The molecule has 0 radical (unpaired) electrons. The zero-order chi connectivity index (χ0) is 2.83. The summed E-state index contributed by atoms with van der Waals surface area (Å²) in [4.78, 5) is 0. The number of hydrogen-bond acceptors (Lipinski definition) is 1. The molecule has 0 amide bonds. The van der Waals surface area contributed by atoms with Gasteiger partial charge in [-0.2, -0.15) is 0 Å². The third-order valence-corrected chi connectivity index (χ3v) is 0.577. The summed E-state index contributed by atoms with van der Waals surface area (Å²) in [5.41, 5.74) is 0. The number of halogens is 4. The molecule has 5 heteroatoms. The molecule has 0 aromatic carbocycles. The molecule has 1 nitrogen and oxygen atoms in total. The number of hydrogen-bond donors (Lipinski definition) is 0. The van der Waals surface area contributed by atoms with E-state index >= 15 is 0 Å². The summed E-state index contributed by atoms with van der Waals surface area (Å²) in [5, 5.41) is 0. The van der Waals surface area contributed by atoms with Crippen molar-refractivity contribution >= 4 is 49.6 Å². The van der Waals surface area contributed by atoms with Gasteiger partial charge in [0.2, 0.25) is 0 Å². The average Bonchev–Trinajstić information content (AvgIpc) is 0.722. The minimum Gasteiger partial charge on any atom is -0.381 e. The minimum absolute atomic E-state index is 0. The molecule has 1 aliphatic heterocycles. The molecule has 1 saturated heterocycles. The van der Waals surface area contributed by atoms with Crippen LogP contribution in [0, 0.1) is 0 Å². The zero-order valence-corrected chi connectivity index (χ0v) is 7.43. The van der Waals surface area contributed by atoms with E-state index in [1.165, 1.54) is 6.42 Å². The lowest BCUT2D eigenvalue weighted by molar-refractivity contribution is 0.0367. The highest BCUT2D eigenvalue weighted by Crippen LogP contribution is 1.92. The Morgan fingerprint density at radius 1 is 0.750 bits per heavy atom. The fourth-order valence-corrected chi connectivity index (χ4v) is 0.144. The highest BCUT2D eigenvalue weighted by molar-refractivity contribution is 5.86. The smallest absolute Gasteiger partial charge is 0.0488 e. The molecule has 0 N–H and O–H groups in total. The van der Waals surface area contributed by atoms with Crippen LogP contribution in [0.2, 0.25) is 0 Å². The summed E-state index contributed by atoms with van der Waals surface area (Å²) in [6.07, 6.45) is 1.28. The van der Waals surface area contributed by atoms with E-state index in [1.54, 1.807) is 0 Å². The van der Waals surface area contributed by atoms with Crippen molar-refractivity contribution in [2.75, 3.05) is 13.2 Å². The Balaban J connectivity index is -0.0000000200. The standard InChI is InChI=1S/C3H6O.4ClH/c1-2-4-3-1;;;;/h1-3H2;4*1H. The molecule has 0 bridgehead atoms. The fraction of sp³-hybridized carbons (Fsp3) is 1.00. The van der Waals surface area contributed by atoms with Crippen molar-refractivity contribution in [3.8, 4) is 0 Å². The Kier molecular flexibility index (Phi) is 45.0. The Labute approximate surface area is 74.2 Å². The molecule has 1 aliphatic rings. The van der Waals surface area contributed by atoms with Crippen LogP contribution >= 0.6 is 49.6 Å². The van der Waals surface area contributed by atoms with E-state index in [0.717, 1.165) is 13.2 Å². The van der Waals surface area contributed by atoms with Crippen molar-refractivity contribution in [2.24, 2.45) is 0 Å². The van der Waals surface area contributed by atoms with Crippen LogP contribution in [-0.4, -0.2) is 13.2 Å². The van der Waals surface area contributed by atoms with E-state index < -0.39 is 0 Å². The van der Waals surface area contributed by atoms with E-state index in [2.05, 4.69) is 0 Å². The Morgan fingerprint density at radius 3 is 0.875 bits per heavy atom. The summed E-state index contributed by atoms with van der Waals surface area (Å²) < 4.78 is 4.72. The monoisotopic (exact) mass is 202 g/mol. The van der Waals surface area contributed by atoms with Gasteiger partial charge in [0.25, 0.3) is 0 Å². The Hall–Kier alpha value is 1.12. The third-order valence-electron chi connectivity index (χ3n) is 0.577. The van der Waals surface area contributed by atoms with E-state index in [4.69, 9.17) is 4.74 Å². The van der Waals surface area contributed by atoms with Gasteiger partial charge in [-0.15, -0.1) is 49.6 Å². The fourth-order valence-electron chi connectivity index (χ4n) is 0.144. The maximum absolute atomic E-state index is 4.72. The summed E-state index contributed by atoms with van der Waals surface area (Å²) in [6, 6.07) is 0. The zero-order valence-electron chi connectivity index (χ0n) is 4.16. The van der Waals surface area contributed by atoms with Gasteiger partial charge in [0.15, 0.2) is 0 Å². The number of rotatable bonds is 0. The quantitative estimate of drug-likeness (QED) is 0.586. The molecule has 1 fully saturated rings. The van der Waals surface area contributed by atoms with Gasteiger partial charge < -0.3 is 4.74 Å². The third kappa shape index (κ3) is 10.2. The van der Waals surface area contributed by atoms with E-state index in [0.29, 0.717) is 0 Å². The predicted octanol–water partition coefficient (Wildman–Crippen LogP) is 2.09. The summed E-state index contributed by atoms with van der Waals surface area (Å²) in [6.45, 7) is 2.00. The lowest BCUT2D eigenvalue weighted by Crippen LogP contribution is -2.09. The van der Waals surface area contributed by atoms with Gasteiger partial charge in [-0.25, -0.2) is 0 Å². The summed E-state index contributed by atoms with van der Waals surface area (Å²) >= 11 is 0. The molecule has 1 rings (SSSR count). The molecule has 0 unspecified atom stereocenters. The van der Waals surface area contributed by atoms with Gasteiger partial charge in [-0.1, -0.05) is 0 Å².